The van der Waals surface area contributed by atoms with Crippen LogP contribution in [0.15, 0.2) is 41.8 Å². The molecule has 0 unspecified atom stereocenters. The predicted molar refractivity (Wildman–Crippen MR) is 131 cm³/mol. The molecule has 4 rings (SSSR count). The average Bonchev–Trinajstić information content (AvgIpc) is 3.20. The first-order valence-electron chi connectivity index (χ1n) is 11.0. The lowest BCUT2D eigenvalue weighted by Gasteiger charge is -2.32. The second-order valence-electron chi connectivity index (χ2n) is 8.50. The Bertz CT molecular complexity index is 1020. The van der Waals surface area contributed by atoms with Crippen molar-refractivity contribution in [3.05, 3.63) is 52.9 Å². The summed E-state index contributed by atoms with van der Waals surface area (Å²) in [7, 11) is 2.19. The van der Waals surface area contributed by atoms with Crippen molar-refractivity contribution in [2.45, 2.75) is 20.3 Å². The molecule has 1 saturated heterocycles. The van der Waals surface area contributed by atoms with E-state index in [1.54, 1.807) is 17.4 Å². The highest BCUT2D eigenvalue weighted by Gasteiger charge is 2.14. The summed E-state index contributed by atoms with van der Waals surface area (Å²) >= 11 is 1.74. The smallest absolute Gasteiger partial charge is 0.127 e. The molecule has 0 aliphatic carbocycles. The minimum absolute atomic E-state index is 0.263. The van der Waals surface area contributed by atoms with Gasteiger partial charge < -0.3 is 20.2 Å². The van der Waals surface area contributed by atoms with Crippen molar-refractivity contribution in [2.75, 3.05) is 51.6 Å². The summed E-state index contributed by atoms with van der Waals surface area (Å²) in [5, 5.41) is 16.1. The highest BCUT2D eigenvalue weighted by atomic mass is 32.1. The zero-order chi connectivity index (χ0) is 21.8. The lowest BCUT2D eigenvalue weighted by atomic mass is 10.0. The van der Waals surface area contributed by atoms with Gasteiger partial charge in [0.2, 0.25) is 0 Å². The highest BCUT2D eigenvalue weighted by molar-refractivity contribution is 7.13. The van der Waals surface area contributed by atoms with Gasteiger partial charge in [0.15, 0.2) is 0 Å². The molecule has 3 aromatic rings. The summed E-state index contributed by atoms with van der Waals surface area (Å²) in [6, 6.07) is 12.0. The van der Waals surface area contributed by atoms with Crippen molar-refractivity contribution in [3.8, 4) is 27.4 Å². The van der Waals surface area contributed by atoms with Crippen LogP contribution in [0.4, 0.5) is 5.82 Å². The number of piperazine rings is 1. The topological polar surface area (TPSA) is 51.6 Å². The third kappa shape index (κ3) is 5.45. The van der Waals surface area contributed by atoms with E-state index in [0.717, 1.165) is 73.9 Å². The number of thiophene rings is 1. The van der Waals surface area contributed by atoms with Crippen molar-refractivity contribution in [2.24, 2.45) is 0 Å². The lowest BCUT2D eigenvalue weighted by molar-refractivity contribution is 0.154. The SMILES string of the molecule is Cc1ccc(O)c(-c2cc(-c3sccc3C)cc(NCCCN3CCN(C)CC3)n2)c1. The molecule has 5 nitrogen and oxygen atoms in total. The van der Waals surface area contributed by atoms with Gasteiger partial charge in [0, 0.05) is 43.2 Å². The number of benzene rings is 1. The van der Waals surface area contributed by atoms with E-state index in [1.165, 1.54) is 10.4 Å². The number of aromatic nitrogens is 1. The zero-order valence-corrected chi connectivity index (χ0v) is 19.5. The molecule has 2 N–H and O–H groups in total. The van der Waals surface area contributed by atoms with E-state index in [-0.39, 0.29) is 5.75 Å². The highest BCUT2D eigenvalue weighted by Crippen LogP contribution is 2.36. The zero-order valence-electron chi connectivity index (χ0n) is 18.7. The summed E-state index contributed by atoms with van der Waals surface area (Å²) in [5.74, 6) is 1.12. The van der Waals surface area contributed by atoms with Gasteiger partial charge >= 0.3 is 0 Å². The minimum atomic E-state index is 0.263. The van der Waals surface area contributed by atoms with Gasteiger partial charge in [-0.2, -0.15) is 0 Å². The van der Waals surface area contributed by atoms with Crippen molar-refractivity contribution in [3.63, 3.8) is 0 Å². The summed E-state index contributed by atoms with van der Waals surface area (Å²) < 4.78 is 0. The molecule has 1 aliphatic rings. The molecule has 0 spiro atoms. The van der Waals surface area contributed by atoms with Gasteiger partial charge in [-0.15, -0.1) is 11.3 Å². The summed E-state index contributed by atoms with van der Waals surface area (Å²) in [5.41, 5.74) is 5.08. The van der Waals surface area contributed by atoms with E-state index < -0.39 is 0 Å². The standard InChI is InChI=1S/C25H32N4OS/c1-18-5-6-23(30)21(15-18)22-16-20(25-19(2)7-14-31-25)17-24(27-22)26-8-4-9-29-12-10-28(3)11-13-29/h5-7,14-17,30H,4,8-13H2,1-3H3,(H,26,27). The maximum absolute atomic E-state index is 10.5. The van der Waals surface area contributed by atoms with E-state index in [2.05, 4.69) is 52.7 Å². The average molecular weight is 437 g/mol. The predicted octanol–water partition coefficient (Wildman–Crippen LogP) is 4.85. The van der Waals surface area contributed by atoms with Gasteiger partial charge in [-0.3, -0.25) is 0 Å². The number of nitrogens with zero attached hydrogens (tertiary/aromatic N) is 3. The fraction of sp³-hybridized carbons (Fsp3) is 0.400. The van der Waals surface area contributed by atoms with Crippen LogP contribution in [0, 0.1) is 13.8 Å². The second kappa shape index (κ2) is 9.81. The number of likely N-dealkylation sites (N-methyl/N-ethyl adjacent to an activating group) is 1. The van der Waals surface area contributed by atoms with Crippen LogP contribution in [0.1, 0.15) is 17.5 Å². The Hall–Kier alpha value is -2.41. The Balaban J connectivity index is 1.52. The number of rotatable bonds is 7. The number of phenolic OH excluding ortho intramolecular Hbond substituents is 1. The number of anilines is 1. The molecule has 2 aromatic heterocycles. The van der Waals surface area contributed by atoms with Crippen molar-refractivity contribution < 1.29 is 5.11 Å². The maximum atomic E-state index is 10.5. The van der Waals surface area contributed by atoms with Crippen LogP contribution in [0.3, 0.4) is 0 Å². The van der Waals surface area contributed by atoms with Gasteiger partial charge in [-0.1, -0.05) is 11.6 Å². The number of aryl methyl sites for hydroxylation is 2. The van der Waals surface area contributed by atoms with Crippen LogP contribution >= 0.6 is 11.3 Å². The van der Waals surface area contributed by atoms with Gasteiger partial charge in [0.25, 0.3) is 0 Å². The molecule has 1 aromatic carbocycles. The molecule has 0 amide bonds. The quantitative estimate of drug-likeness (QED) is 0.519. The largest absolute Gasteiger partial charge is 0.507 e. The number of hydrogen-bond donors (Lipinski definition) is 2. The molecule has 0 atom stereocenters. The van der Waals surface area contributed by atoms with E-state index in [9.17, 15) is 5.11 Å². The van der Waals surface area contributed by atoms with E-state index in [4.69, 9.17) is 4.98 Å². The first kappa shape index (κ1) is 21.8. The third-order valence-electron chi connectivity index (χ3n) is 5.93. The molecule has 6 heteroatoms. The molecule has 0 radical (unpaired) electrons. The Labute approximate surface area is 189 Å². The van der Waals surface area contributed by atoms with Gasteiger partial charge in [-0.05, 0) is 80.7 Å². The summed E-state index contributed by atoms with van der Waals surface area (Å²) in [6.07, 6.45) is 1.08. The Morgan fingerprint density at radius 3 is 2.61 bits per heavy atom. The first-order chi connectivity index (χ1) is 15.0. The van der Waals surface area contributed by atoms with Crippen LogP contribution in [0.25, 0.3) is 21.7 Å². The third-order valence-corrected chi connectivity index (χ3v) is 7.00. The van der Waals surface area contributed by atoms with Gasteiger partial charge in [0.1, 0.15) is 11.6 Å². The van der Waals surface area contributed by atoms with Crippen LogP contribution < -0.4 is 5.32 Å². The van der Waals surface area contributed by atoms with E-state index in [0.29, 0.717) is 0 Å². The van der Waals surface area contributed by atoms with Gasteiger partial charge in [0.05, 0.1) is 5.69 Å². The number of nitrogens with one attached hydrogen (secondary N) is 1. The number of phenols is 1. The first-order valence-corrected chi connectivity index (χ1v) is 11.9. The number of hydrogen-bond acceptors (Lipinski definition) is 6. The fourth-order valence-corrected chi connectivity index (χ4v) is 4.92. The molecular formula is C25H32N4OS. The normalized spacial score (nSPS) is 15.3. The molecule has 1 aliphatic heterocycles. The Morgan fingerprint density at radius 2 is 1.87 bits per heavy atom. The molecule has 31 heavy (non-hydrogen) atoms. The Morgan fingerprint density at radius 1 is 1.06 bits per heavy atom. The fourth-order valence-electron chi connectivity index (χ4n) is 4.00. The molecule has 164 valence electrons. The molecule has 0 bridgehead atoms. The monoisotopic (exact) mass is 436 g/mol. The summed E-state index contributed by atoms with van der Waals surface area (Å²) in [4.78, 5) is 11.0. The van der Waals surface area contributed by atoms with Crippen LogP contribution in [-0.4, -0.2) is 66.2 Å². The minimum Gasteiger partial charge on any atom is -0.507 e. The molecular weight excluding hydrogens is 404 g/mol. The maximum Gasteiger partial charge on any atom is 0.127 e. The van der Waals surface area contributed by atoms with Crippen LogP contribution in [-0.2, 0) is 0 Å². The van der Waals surface area contributed by atoms with Crippen LogP contribution in [0.2, 0.25) is 0 Å². The van der Waals surface area contributed by atoms with Gasteiger partial charge in [-0.25, -0.2) is 4.98 Å². The summed E-state index contributed by atoms with van der Waals surface area (Å²) in [6.45, 7) is 10.8. The molecule has 3 heterocycles. The van der Waals surface area contributed by atoms with E-state index >= 15 is 0 Å². The van der Waals surface area contributed by atoms with Crippen molar-refractivity contribution in [1.29, 1.82) is 0 Å². The Kier molecular flexibility index (Phi) is 6.90. The number of pyridine rings is 1. The van der Waals surface area contributed by atoms with E-state index in [1.807, 2.05) is 19.1 Å². The van der Waals surface area contributed by atoms with Crippen molar-refractivity contribution in [1.82, 2.24) is 14.8 Å². The molecule has 1 fully saturated rings. The number of aromatic hydroxyl groups is 1. The van der Waals surface area contributed by atoms with Crippen molar-refractivity contribution >= 4 is 17.2 Å². The van der Waals surface area contributed by atoms with Crippen LogP contribution in [0.5, 0.6) is 5.75 Å². The lowest BCUT2D eigenvalue weighted by Crippen LogP contribution is -2.44. The molecule has 0 saturated carbocycles. The second-order valence-corrected chi connectivity index (χ2v) is 9.42.